The Morgan fingerprint density at radius 3 is 2.84 bits per heavy atom. The van der Waals surface area contributed by atoms with Gasteiger partial charge in [0.15, 0.2) is 0 Å². The van der Waals surface area contributed by atoms with Crippen LogP contribution >= 0.6 is 23.4 Å². The lowest BCUT2D eigenvalue weighted by molar-refractivity contribution is -0.141. The molecule has 1 heterocycles. The van der Waals surface area contributed by atoms with Gasteiger partial charge >= 0.3 is 5.97 Å². The van der Waals surface area contributed by atoms with Crippen LogP contribution < -0.4 is 4.74 Å². The smallest absolute Gasteiger partial charge is 0.320 e. The number of nitrogens with zero attached hydrogens (tertiary/aromatic N) is 2. The first-order valence-corrected chi connectivity index (χ1v) is 9.35. The highest BCUT2D eigenvalue weighted by Crippen LogP contribution is 2.24. The van der Waals surface area contributed by atoms with Gasteiger partial charge in [-0.1, -0.05) is 11.6 Å². The number of hydrogen-bond acceptors (Lipinski definition) is 6. The third kappa shape index (κ3) is 5.52. The average molecular weight is 387 g/mol. The Bertz CT molecular complexity index is 629. The van der Waals surface area contributed by atoms with Gasteiger partial charge in [-0.25, -0.2) is 0 Å². The molecule has 0 saturated carbocycles. The molecular weight excluding hydrogens is 364 g/mol. The van der Waals surface area contributed by atoms with Crippen LogP contribution in [0.25, 0.3) is 0 Å². The first kappa shape index (κ1) is 19.9. The summed E-state index contributed by atoms with van der Waals surface area (Å²) < 4.78 is 10.1. The van der Waals surface area contributed by atoms with Crippen molar-refractivity contribution in [3.05, 3.63) is 28.8 Å². The first-order chi connectivity index (χ1) is 11.9. The third-order valence-electron chi connectivity index (χ3n) is 3.97. The van der Waals surface area contributed by atoms with Crippen LogP contribution in [0, 0.1) is 0 Å². The number of benzene rings is 1. The molecule has 0 unspecified atom stereocenters. The minimum Gasteiger partial charge on any atom is -0.496 e. The standard InChI is InChI=1S/C17H23ClN2O4S/c1-19(9-12-8-13(18)4-5-14(12)23-2)11-16(21)20-6-7-25-15(10-20)17(22)24-3/h4-5,8,15H,6-7,9-11H2,1-3H3/t15-/m1/s1. The molecular formula is C17H23ClN2O4S. The van der Waals surface area contributed by atoms with E-state index in [1.807, 2.05) is 24.1 Å². The summed E-state index contributed by atoms with van der Waals surface area (Å²) >= 11 is 7.58. The molecule has 1 saturated heterocycles. The first-order valence-electron chi connectivity index (χ1n) is 7.92. The van der Waals surface area contributed by atoms with E-state index in [9.17, 15) is 9.59 Å². The van der Waals surface area contributed by atoms with Crippen LogP contribution in [0.1, 0.15) is 5.56 Å². The summed E-state index contributed by atoms with van der Waals surface area (Å²) in [5, 5.41) is 0.325. The molecule has 1 aliphatic rings. The summed E-state index contributed by atoms with van der Waals surface area (Å²) in [6.07, 6.45) is 0. The summed E-state index contributed by atoms with van der Waals surface area (Å²) in [5.74, 6) is 1.19. The normalized spacial score (nSPS) is 17.5. The molecule has 1 aromatic carbocycles. The number of methoxy groups -OCH3 is 2. The second-order valence-electron chi connectivity index (χ2n) is 5.85. The van der Waals surface area contributed by atoms with Crippen LogP contribution in [0.15, 0.2) is 18.2 Å². The number of amides is 1. The zero-order chi connectivity index (χ0) is 18.4. The van der Waals surface area contributed by atoms with Crippen molar-refractivity contribution in [1.82, 2.24) is 9.80 Å². The minimum atomic E-state index is -0.305. The highest BCUT2D eigenvalue weighted by molar-refractivity contribution is 8.00. The second-order valence-corrected chi connectivity index (χ2v) is 7.60. The van der Waals surface area contributed by atoms with Crippen molar-refractivity contribution < 1.29 is 19.1 Å². The van der Waals surface area contributed by atoms with Crippen LogP contribution in [0.3, 0.4) is 0 Å². The molecule has 0 spiro atoms. The van der Waals surface area contributed by atoms with Crippen LogP contribution in [0.4, 0.5) is 0 Å². The van der Waals surface area contributed by atoms with E-state index in [1.54, 1.807) is 18.1 Å². The average Bonchev–Trinajstić information content (AvgIpc) is 2.61. The zero-order valence-corrected chi connectivity index (χ0v) is 16.2. The number of rotatable bonds is 6. The maximum absolute atomic E-state index is 12.5. The molecule has 0 aromatic heterocycles. The summed E-state index contributed by atoms with van der Waals surface area (Å²) in [6, 6.07) is 5.43. The van der Waals surface area contributed by atoms with E-state index in [-0.39, 0.29) is 23.7 Å². The van der Waals surface area contributed by atoms with Gasteiger partial charge in [0, 0.05) is 36.0 Å². The van der Waals surface area contributed by atoms with E-state index in [2.05, 4.69) is 0 Å². The second kappa shape index (κ2) is 9.31. The quantitative estimate of drug-likeness (QED) is 0.696. The largest absolute Gasteiger partial charge is 0.496 e. The third-order valence-corrected chi connectivity index (χ3v) is 5.37. The van der Waals surface area contributed by atoms with E-state index >= 15 is 0 Å². The fourth-order valence-corrected chi connectivity index (χ4v) is 4.02. The van der Waals surface area contributed by atoms with Gasteiger partial charge in [0.25, 0.3) is 0 Å². The lowest BCUT2D eigenvalue weighted by Gasteiger charge is -2.32. The SMILES string of the molecule is COC(=O)[C@H]1CN(C(=O)CN(C)Cc2cc(Cl)ccc2OC)CCS1. The van der Waals surface area contributed by atoms with E-state index in [0.29, 0.717) is 24.7 Å². The molecule has 1 amide bonds. The highest BCUT2D eigenvalue weighted by atomic mass is 35.5. The van der Waals surface area contributed by atoms with Crippen LogP contribution in [0.5, 0.6) is 5.75 Å². The van der Waals surface area contributed by atoms with Crippen LogP contribution in [-0.2, 0) is 20.9 Å². The summed E-state index contributed by atoms with van der Waals surface area (Å²) in [7, 11) is 4.85. The summed E-state index contributed by atoms with van der Waals surface area (Å²) in [6.45, 7) is 1.84. The maximum Gasteiger partial charge on any atom is 0.320 e. The number of halogens is 1. The highest BCUT2D eigenvalue weighted by Gasteiger charge is 2.29. The molecule has 25 heavy (non-hydrogen) atoms. The van der Waals surface area contributed by atoms with Crippen molar-refractivity contribution in [2.24, 2.45) is 0 Å². The number of carbonyl (C=O) groups is 2. The number of esters is 1. The Balaban J connectivity index is 1.94. The number of ether oxygens (including phenoxy) is 2. The lowest BCUT2D eigenvalue weighted by Crippen LogP contribution is -2.47. The fourth-order valence-electron chi connectivity index (χ4n) is 2.70. The number of likely N-dealkylation sites (N-methyl/N-ethyl adjacent to an activating group) is 1. The fraction of sp³-hybridized carbons (Fsp3) is 0.529. The summed E-state index contributed by atoms with van der Waals surface area (Å²) in [5.41, 5.74) is 0.923. The van der Waals surface area contributed by atoms with Gasteiger partial charge in [0.05, 0.1) is 20.8 Å². The van der Waals surface area contributed by atoms with Crippen LogP contribution in [0.2, 0.25) is 5.02 Å². The van der Waals surface area contributed by atoms with Gasteiger partial charge < -0.3 is 14.4 Å². The Morgan fingerprint density at radius 1 is 1.40 bits per heavy atom. The Labute approximate surface area is 157 Å². The molecule has 1 aliphatic heterocycles. The molecule has 2 rings (SSSR count). The molecule has 6 nitrogen and oxygen atoms in total. The number of carbonyl (C=O) groups excluding carboxylic acids is 2. The maximum atomic E-state index is 12.5. The van der Waals surface area contributed by atoms with E-state index in [1.165, 1.54) is 18.9 Å². The summed E-state index contributed by atoms with van der Waals surface area (Å²) in [4.78, 5) is 27.9. The Hall–Kier alpha value is -1.44. The van der Waals surface area contributed by atoms with Gasteiger partial charge in [-0.3, -0.25) is 14.5 Å². The van der Waals surface area contributed by atoms with E-state index in [0.717, 1.165) is 17.1 Å². The minimum absolute atomic E-state index is 0.00213. The van der Waals surface area contributed by atoms with E-state index < -0.39 is 0 Å². The number of thioether (sulfide) groups is 1. The van der Waals surface area contributed by atoms with Crippen molar-refractivity contribution in [3.8, 4) is 5.75 Å². The molecule has 1 fully saturated rings. The van der Waals surface area contributed by atoms with Crippen molar-refractivity contribution >= 4 is 35.2 Å². The molecule has 0 N–H and O–H groups in total. The number of hydrogen-bond donors (Lipinski definition) is 0. The van der Waals surface area contributed by atoms with Crippen molar-refractivity contribution in [2.45, 2.75) is 11.8 Å². The van der Waals surface area contributed by atoms with Crippen LogP contribution in [-0.4, -0.2) is 73.6 Å². The van der Waals surface area contributed by atoms with E-state index in [4.69, 9.17) is 21.1 Å². The predicted molar refractivity (Wildman–Crippen MR) is 99.2 cm³/mol. The topological polar surface area (TPSA) is 59.1 Å². The Kier molecular flexibility index (Phi) is 7.40. The molecule has 0 aliphatic carbocycles. The molecule has 8 heteroatoms. The Morgan fingerprint density at radius 2 is 2.16 bits per heavy atom. The van der Waals surface area contributed by atoms with Crippen molar-refractivity contribution in [3.63, 3.8) is 0 Å². The lowest BCUT2D eigenvalue weighted by atomic mass is 10.2. The van der Waals surface area contributed by atoms with Crippen molar-refractivity contribution in [2.75, 3.05) is 46.7 Å². The zero-order valence-electron chi connectivity index (χ0n) is 14.7. The molecule has 0 bridgehead atoms. The molecule has 138 valence electrons. The van der Waals surface area contributed by atoms with Gasteiger partial charge in [-0.15, -0.1) is 11.8 Å². The van der Waals surface area contributed by atoms with Gasteiger partial charge in [0.1, 0.15) is 11.0 Å². The monoisotopic (exact) mass is 386 g/mol. The molecule has 1 atom stereocenters. The molecule has 0 radical (unpaired) electrons. The van der Waals surface area contributed by atoms with Gasteiger partial charge in [-0.05, 0) is 25.2 Å². The van der Waals surface area contributed by atoms with Crippen molar-refractivity contribution in [1.29, 1.82) is 0 Å². The van der Waals surface area contributed by atoms with Gasteiger partial charge in [0.2, 0.25) is 5.91 Å². The van der Waals surface area contributed by atoms with Gasteiger partial charge in [-0.2, -0.15) is 0 Å². The predicted octanol–water partition coefficient (Wildman–Crippen LogP) is 1.90. The molecule has 1 aromatic rings.